The first-order valence-electron chi connectivity index (χ1n) is 8.13. The second-order valence-corrected chi connectivity index (χ2v) is 6.96. The van der Waals surface area contributed by atoms with Crippen LogP contribution in [0.1, 0.15) is 35.1 Å². The van der Waals surface area contributed by atoms with Crippen molar-refractivity contribution in [2.24, 2.45) is 0 Å². The monoisotopic (exact) mass is 312 g/mol. The third-order valence-electron chi connectivity index (χ3n) is 5.07. The van der Waals surface area contributed by atoms with Gasteiger partial charge in [0.2, 0.25) is 0 Å². The van der Waals surface area contributed by atoms with E-state index in [0.717, 1.165) is 29.7 Å². The number of hydrogen-bond donors (Lipinski definition) is 0. The van der Waals surface area contributed by atoms with Gasteiger partial charge in [0.1, 0.15) is 17.2 Å². The van der Waals surface area contributed by atoms with Gasteiger partial charge < -0.3 is 9.47 Å². The predicted molar refractivity (Wildman–Crippen MR) is 87.3 cm³/mol. The summed E-state index contributed by atoms with van der Waals surface area (Å²) in [7, 11) is 0. The van der Waals surface area contributed by atoms with Crippen molar-refractivity contribution in [2.45, 2.75) is 44.8 Å². The van der Waals surface area contributed by atoms with Gasteiger partial charge in [0.15, 0.2) is 5.60 Å². The molecule has 0 aromatic heterocycles. The van der Waals surface area contributed by atoms with Gasteiger partial charge in [-0.15, -0.1) is 0 Å². The maximum absolute atomic E-state index is 14.5. The maximum Gasteiger partial charge on any atom is 0.159 e. The lowest BCUT2D eigenvalue weighted by Crippen LogP contribution is -2.36. The van der Waals surface area contributed by atoms with Crippen molar-refractivity contribution in [3.05, 3.63) is 64.5 Å². The lowest BCUT2D eigenvalue weighted by molar-refractivity contribution is 0.0695. The first-order chi connectivity index (χ1) is 11.0. The van der Waals surface area contributed by atoms with Gasteiger partial charge in [-0.2, -0.15) is 0 Å². The highest BCUT2D eigenvalue weighted by atomic mass is 19.1. The molecule has 0 bridgehead atoms. The van der Waals surface area contributed by atoms with Crippen LogP contribution in [0.15, 0.2) is 36.4 Å². The van der Waals surface area contributed by atoms with Crippen LogP contribution in [0.3, 0.4) is 0 Å². The summed E-state index contributed by atoms with van der Waals surface area (Å²) in [6.45, 7) is 6.53. The SMILES string of the molecule is Cc1ccc(OC2(C3(c4ccc(C)cc4F)CO3)CC2)c(C)c1. The molecule has 120 valence electrons. The highest BCUT2D eigenvalue weighted by Crippen LogP contribution is 2.62. The number of hydrogen-bond acceptors (Lipinski definition) is 2. The van der Waals surface area contributed by atoms with E-state index >= 15 is 0 Å². The van der Waals surface area contributed by atoms with Gasteiger partial charge >= 0.3 is 0 Å². The molecule has 2 aliphatic rings. The molecule has 1 saturated carbocycles. The van der Waals surface area contributed by atoms with E-state index in [1.54, 1.807) is 6.07 Å². The molecule has 23 heavy (non-hydrogen) atoms. The Balaban J connectivity index is 1.69. The Labute approximate surface area is 136 Å². The molecule has 4 rings (SSSR count). The van der Waals surface area contributed by atoms with Crippen molar-refractivity contribution in [3.63, 3.8) is 0 Å². The van der Waals surface area contributed by atoms with Gasteiger partial charge in [-0.3, -0.25) is 0 Å². The molecule has 2 nitrogen and oxygen atoms in total. The van der Waals surface area contributed by atoms with Gasteiger partial charge in [0.25, 0.3) is 0 Å². The summed E-state index contributed by atoms with van der Waals surface area (Å²) in [5.74, 6) is 0.675. The molecule has 1 atom stereocenters. The summed E-state index contributed by atoms with van der Waals surface area (Å²) in [5.41, 5.74) is 2.82. The van der Waals surface area contributed by atoms with Gasteiger partial charge in [-0.05, 0) is 56.9 Å². The maximum atomic E-state index is 14.5. The van der Waals surface area contributed by atoms with Gasteiger partial charge in [0, 0.05) is 5.56 Å². The van der Waals surface area contributed by atoms with Crippen LogP contribution in [0.5, 0.6) is 5.75 Å². The van der Waals surface area contributed by atoms with Crippen LogP contribution in [0.25, 0.3) is 0 Å². The lowest BCUT2D eigenvalue weighted by atomic mass is 9.90. The van der Waals surface area contributed by atoms with Crippen LogP contribution in [-0.2, 0) is 10.3 Å². The van der Waals surface area contributed by atoms with Crippen LogP contribution < -0.4 is 4.74 Å². The van der Waals surface area contributed by atoms with Crippen LogP contribution in [0.2, 0.25) is 0 Å². The minimum Gasteiger partial charge on any atom is -0.484 e. The summed E-state index contributed by atoms with van der Waals surface area (Å²) in [6, 6.07) is 11.5. The van der Waals surface area contributed by atoms with Crippen LogP contribution in [0, 0.1) is 26.6 Å². The summed E-state index contributed by atoms with van der Waals surface area (Å²) in [6.07, 6.45) is 1.79. The molecular formula is C20H21FO2. The topological polar surface area (TPSA) is 21.8 Å². The van der Waals surface area contributed by atoms with Crippen molar-refractivity contribution in [2.75, 3.05) is 6.61 Å². The Morgan fingerprint density at radius 3 is 2.22 bits per heavy atom. The Kier molecular flexibility index (Phi) is 3.08. The summed E-state index contributed by atoms with van der Waals surface area (Å²) in [4.78, 5) is 0. The van der Waals surface area contributed by atoms with Crippen molar-refractivity contribution in [1.29, 1.82) is 0 Å². The van der Waals surface area contributed by atoms with E-state index < -0.39 is 11.2 Å². The number of ether oxygens (including phenoxy) is 2. The Morgan fingerprint density at radius 2 is 1.65 bits per heavy atom. The third kappa shape index (κ3) is 2.26. The molecule has 3 heteroatoms. The number of rotatable bonds is 4. The molecule has 0 radical (unpaired) electrons. The molecule has 0 N–H and O–H groups in total. The first-order valence-corrected chi connectivity index (χ1v) is 8.13. The summed E-state index contributed by atoms with van der Waals surface area (Å²) in [5, 5.41) is 0. The highest BCUT2D eigenvalue weighted by molar-refractivity contribution is 5.42. The highest BCUT2D eigenvalue weighted by Gasteiger charge is 2.72. The van der Waals surface area contributed by atoms with Crippen molar-refractivity contribution in [3.8, 4) is 5.75 Å². The third-order valence-corrected chi connectivity index (χ3v) is 5.07. The van der Waals surface area contributed by atoms with Crippen molar-refractivity contribution >= 4 is 0 Å². The molecular weight excluding hydrogens is 291 g/mol. The minimum absolute atomic E-state index is 0.196. The van der Waals surface area contributed by atoms with E-state index in [2.05, 4.69) is 13.0 Å². The molecule has 2 aromatic rings. The van der Waals surface area contributed by atoms with Crippen LogP contribution in [-0.4, -0.2) is 12.2 Å². The number of epoxide rings is 1. The van der Waals surface area contributed by atoms with E-state index in [9.17, 15) is 4.39 Å². The largest absolute Gasteiger partial charge is 0.484 e. The molecule has 1 aliphatic carbocycles. The van der Waals surface area contributed by atoms with Crippen molar-refractivity contribution in [1.82, 2.24) is 0 Å². The predicted octanol–water partition coefficient (Wildman–Crippen LogP) is 4.59. The second kappa shape index (κ2) is 4.81. The fourth-order valence-corrected chi connectivity index (χ4v) is 3.51. The van der Waals surface area contributed by atoms with E-state index in [4.69, 9.17) is 9.47 Å². The zero-order valence-corrected chi connectivity index (χ0v) is 13.8. The van der Waals surface area contributed by atoms with Crippen molar-refractivity contribution < 1.29 is 13.9 Å². The molecule has 1 saturated heterocycles. The second-order valence-electron chi connectivity index (χ2n) is 6.96. The smallest absolute Gasteiger partial charge is 0.159 e. The average molecular weight is 312 g/mol. The lowest BCUT2D eigenvalue weighted by Gasteiger charge is -2.27. The number of halogens is 1. The zero-order valence-electron chi connectivity index (χ0n) is 13.8. The molecule has 1 heterocycles. The number of benzene rings is 2. The first kappa shape index (κ1) is 14.7. The molecule has 1 unspecified atom stereocenters. The van der Waals surface area contributed by atoms with Crippen LogP contribution >= 0.6 is 0 Å². The van der Waals surface area contributed by atoms with Gasteiger partial charge in [0.05, 0.1) is 6.61 Å². The standard InChI is InChI=1S/C20H21FO2/c1-13-5-7-18(15(3)10-13)23-19(8-9-19)20(12-22-20)16-6-4-14(2)11-17(16)21/h4-7,10-11H,8-9,12H2,1-3H3. The minimum atomic E-state index is -0.623. The van der Waals surface area contributed by atoms with Gasteiger partial charge in [-0.1, -0.05) is 29.8 Å². The van der Waals surface area contributed by atoms with E-state index in [1.807, 2.05) is 38.1 Å². The Morgan fingerprint density at radius 1 is 1.00 bits per heavy atom. The quantitative estimate of drug-likeness (QED) is 0.770. The summed E-state index contributed by atoms with van der Waals surface area (Å²) >= 11 is 0. The molecule has 2 fully saturated rings. The Hall–Kier alpha value is -1.87. The van der Waals surface area contributed by atoms with Crippen LogP contribution in [0.4, 0.5) is 4.39 Å². The molecule has 0 amide bonds. The average Bonchev–Trinajstić information content (AvgIpc) is 3.37. The van der Waals surface area contributed by atoms with E-state index in [1.165, 1.54) is 5.56 Å². The molecule has 2 aromatic carbocycles. The normalized spacial score (nSPS) is 24.3. The summed E-state index contributed by atoms with van der Waals surface area (Å²) < 4.78 is 26.7. The molecule has 0 spiro atoms. The Bertz CT molecular complexity index is 773. The number of aryl methyl sites for hydroxylation is 3. The van der Waals surface area contributed by atoms with Gasteiger partial charge in [-0.25, -0.2) is 4.39 Å². The fourth-order valence-electron chi connectivity index (χ4n) is 3.51. The van der Waals surface area contributed by atoms with E-state index in [-0.39, 0.29) is 5.82 Å². The fraction of sp³-hybridized carbons (Fsp3) is 0.400. The zero-order chi connectivity index (χ0) is 16.2. The van der Waals surface area contributed by atoms with E-state index in [0.29, 0.717) is 12.2 Å². The molecule has 1 aliphatic heterocycles.